The third kappa shape index (κ3) is 11.6. The van der Waals surface area contributed by atoms with Gasteiger partial charge in [0.25, 0.3) is 0 Å². The predicted octanol–water partition coefficient (Wildman–Crippen LogP) is 6.70. The second kappa shape index (κ2) is 12.6. The molecule has 0 aromatic rings. The van der Waals surface area contributed by atoms with Crippen molar-refractivity contribution in [3.8, 4) is 0 Å². The van der Waals surface area contributed by atoms with Crippen LogP contribution in [0.15, 0.2) is 12.3 Å². The van der Waals surface area contributed by atoms with Crippen LogP contribution >= 0.6 is 11.6 Å². The maximum Gasteiger partial charge on any atom is 0.0873 e. The van der Waals surface area contributed by atoms with Gasteiger partial charge in [0.05, 0.1) is 12.9 Å². The van der Waals surface area contributed by atoms with Crippen LogP contribution in [0.25, 0.3) is 0 Å². The fourth-order valence-corrected chi connectivity index (χ4v) is 2.80. The Kier molecular flexibility index (Phi) is 12.5. The fourth-order valence-electron chi connectivity index (χ4n) is 2.58. The lowest BCUT2D eigenvalue weighted by Crippen LogP contribution is -2.25. The average molecular weight is 303 g/mol. The number of alkyl halides is 1. The minimum Gasteiger partial charge on any atom is -0.502 e. The summed E-state index contributed by atoms with van der Waals surface area (Å²) in [6.45, 7) is 9.36. The summed E-state index contributed by atoms with van der Waals surface area (Å²) in [7, 11) is 0. The molecule has 0 N–H and O–H groups in total. The number of unbranched alkanes of at least 4 members (excludes halogenated alkanes) is 5. The van der Waals surface area contributed by atoms with Gasteiger partial charge in [0.1, 0.15) is 0 Å². The van der Waals surface area contributed by atoms with Crippen LogP contribution in [-0.2, 0) is 4.74 Å². The third-order valence-corrected chi connectivity index (χ3v) is 4.23. The Morgan fingerprint density at radius 3 is 2.20 bits per heavy atom. The lowest BCUT2D eigenvalue weighted by Gasteiger charge is -2.28. The maximum atomic E-state index is 6.55. The summed E-state index contributed by atoms with van der Waals surface area (Å²) in [6.07, 6.45) is 15.4. The van der Waals surface area contributed by atoms with Gasteiger partial charge in [-0.25, -0.2) is 0 Å². The first-order valence-electron chi connectivity index (χ1n) is 8.44. The molecule has 0 saturated carbocycles. The van der Waals surface area contributed by atoms with Gasteiger partial charge in [-0.05, 0) is 46.0 Å². The van der Waals surface area contributed by atoms with Crippen molar-refractivity contribution in [2.75, 3.05) is 6.61 Å². The summed E-state index contributed by atoms with van der Waals surface area (Å²) in [4.78, 5) is -0.0932. The van der Waals surface area contributed by atoms with Crippen molar-refractivity contribution in [3.05, 3.63) is 12.3 Å². The Morgan fingerprint density at radius 1 is 1.00 bits per heavy atom. The van der Waals surface area contributed by atoms with Crippen LogP contribution in [0.4, 0.5) is 0 Å². The van der Waals surface area contributed by atoms with Gasteiger partial charge in [0.2, 0.25) is 0 Å². The second-order valence-corrected chi connectivity index (χ2v) is 7.27. The number of halogens is 1. The monoisotopic (exact) mass is 302 g/mol. The molecule has 0 aromatic heterocycles. The summed E-state index contributed by atoms with van der Waals surface area (Å²) < 4.78 is 5.39. The number of allylic oxidation sites excluding steroid dienone is 1. The Labute approximate surface area is 132 Å². The fraction of sp³-hybridized carbons (Fsp3) is 0.889. The van der Waals surface area contributed by atoms with Crippen LogP contribution in [0.3, 0.4) is 0 Å². The zero-order chi connectivity index (χ0) is 15.3. The second-order valence-electron chi connectivity index (χ2n) is 6.30. The first kappa shape index (κ1) is 19.8. The first-order chi connectivity index (χ1) is 9.52. The van der Waals surface area contributed by atoms with Crippen LogP contribution < -0.4 is 0 Å². The molecular weight excluding hydrogens is 268 g/mol. The highest BCUT2D eigenvalue weighted by molar-refractivity contribution is 6.23. The van der Waals surface area contributed by atoms with Crippen molar-refractivity contribution < 1.29 is 4.74 Å². The zero-order valence-electron chi connectivity index (χ0n) is 14.1. The molecule has 0 aliphatic carbocycles. The normalized spacial score (nSPS) is 13.8. The van der Waals surface area contributed by atoms with E-state index >= 15 is 0 Å². The zero-order valence-corrected chi connectivity index (χ0v) is 14.8. The molecule has 0 heterocycles. The molecule has 0 radical (unpaired) electrons. The quantitative estimate of drug-likeness (QED) is 0.209. The summed E-state index contributed by atoms with van der Waals surface area (Å²) in [6, 6.07) is 0. The SMILES string of the molecule is CC=COCCCC(CCCCCCCC)C(C)(C)Cl. The van der Waals surface area contributed by atoms with Crippen molar-refractivity contribution >= 4 is 11.6 Å². The van der Waals surface area contributed by atoms with E-state index in [9.17, 15) is 0 Å². The molecule has 1 unspecified atom stereocenters. The number of rotatable bonds is 13. The first-order valence-corrected chi connectivity index (χ1v) is 8.81. The minimum absolute atomic E-state index is 0.0932. The molecule has 0 aromatic carbocycles. The van der Waals surface area contributed by atoms with Crippen LogP contribution in [0.1, 0.15) is 85.5 Å². The van der Waals surface area contributed by atoms with Gasteiger partial charge in [-0.3, -0.25) is 0 Å². The van der Waals surface area contributed by atoms with Crippen LogP contribution in [0.5, 0.6) is 0 Å². The van der Waals surface area contributed by atoms with E-state index < -0.39 is 0 Å². The Hall–Kier alpha value is -0.170. The minimum atomic E-state index is -0.0932. The molecule has 1 atom stereocenters. The largest absolute Gasteiger partial charge is 0.502 e. The molecule has 0 aliphatic heterocycles. The van der Waals surface area contributed by atoms with Gasteiger partial charge >= 0.3 is 0 Å². The van der Waals surface area contributed by atoms with Crippen molar-refractivity contribution in [2.45, 2.75) is 90.4 Å². The lowest BCUT2D eigenvalue weighted by molar-refractivity contribution is 0.222. The molecule has 120 valence electrons. The van der Waals surface area contributed by atoms with Gasteiger partial charge in [0.15, 0.2) is 0 Å². The molecule has 2 heteroatoms. The van der Waals surface area contributed by atoms with Crippen LogP contribution in [0.2, 0.25) is 0 Å². The Bertz CT molecular complexity index is 230. The standard InChI is InChI=1S/C18H35ClO/c1-5-7-8-9-10-11-13-17(18(3,4)19)14-12-16-20-15-6-2/h6,15,17H,5,7-14,16H2,1-4H3. The van der Waals surface area contributed by atoms with E-state index in [1.165, 1.54) is 51.4 Å². The van der Waals surface area contributed by atoms with Crippen LogP contribution in [0, 0.1) is 5.92 Å². The van der Waals surface area contributed by atoms with Crippen molar-refractivity contribution in [2.24, 2.45) is 5.92 Å². The van der Waals surface area contributed by atoms with E-state index in [0.717, 1.165) is 13.0 Å². The predicted molar refractivity (Wildman–Crippen MR) is 91.4 cm³/mol. The lowest BCUT2D eigenvalue weighted by atomic mass is 9.85. The van der Waals surface area contributed by atoms with E-state index in [1.807, 2.05) is 13.0 Å². The molecule has 0 rings (SSSR count). The Balaban J connectivity index is 3.80. The average Bonchev–Trinajstić information content (AvgIpc) is 2.38. The van der Waals surface area contributed by atoms with E-state index in [4.69, 9.17) is 16.3 Å². The molecule has 0 fully saturated rings. The van der Waals surface area contributed by atoms with Crippen LogP contribution in [-0.4, -0.2) is 11.5 Å². The highest BCUT2D eigenvalue weighted by atomic mass is 35.5. The van der Waals surface area contributed by atoms with Gasteiger partial charge in [0, 0.05) is 4.87 Å². The molecule has 0 spiro atoms. The molecule has 1 nitrogen and oxygen atoms in total. The highest BCUT2D eigenvalue weighted by Gasteiger charge is 2.25. The van der Waals surface area contributed by atoms with Gasteiger partial charge in [-0.1, -0.05) is 51.5 Å². The van der Waals surface area contributed by atoms with E-state index in [-0.39, 0.29) is 4.87 Å². The van der Waals surface area contributed by atoms with E-state index in [0.29, 0.717) is 5.92 Å². The van der Waals surface area contributed by atoms with Crippen molar-refractivity contribution in [1.82, 2.24) is 0 Å². The van der Waals surface area contributed by atoms with E-state index in [1.54, 1.807) is 6.26 Å². The van der Waals surface area contributed by atoms with Crippen molar-refractivity contribution in [3.63, 3.8) is 0 Å². The van der Waals surface area contributed by atoms with Gasteiger partial charge in [-0.2, -0.15) is 0 Å². The topological polar surface area (TPSA) is 9.23 Å². The smallest absolute Gasteiger partial charge is 0.0873 e. The summed E-state index contributed by atoms with van der Waals surface area (Å²) in [5.41, 5.74) is 0. The molecule has 0 bridgehead atoms. The molecule has 20 heavy (non-hydrogen) atoms. The summed E-state index contributed by atoms with van der Waals surface area (Å²) in [5.74, 6) is 0.601. The number of ether oxygens (including phenoxy) is 1. The van der Waals surface area contributed by atoms with Crippen molar-refractivity contribution in [1.29, 1.82) is 0 Å². The highest BCUT2D eigenvalue weighted by Crippen LogP contribution is 2.32. The summed E-state index contributed by atoms with van der Waals surface area (Å²) >= 11 is 6.55. The van der Waals surface area contributed by atoms with Gasteiger partial charge < -0.3 is 4.74 Å². The van der Waals surface area contributed by atoms with Gasteiger partial charge in [-0.15, -0.1) is 11.6 Å². The molecule has 0 aliphatic rings. The third-order valence-electron chi connectivity index (χ3n) is 3.92. The maximum absolute atomic E-state index is 6.55. The number of hydrogen-bond acceptors (Lipinski definition) is 1. The molecule has 0 amide bonds. The molecule has 0 saturated heterocycles. The number of hydrogen-bond donors (Lipinski definition) is 0. The molecular formula is C18H35ClO. The summed E-state index contributed by atoms with van der Waals surface area (Å²) in [5, 5.41) is 0. The van der Waals surface area contributed by atoms with E-state index in [2.05, 4.69) is 20.8 Å². The Morgan fingerprint density at radius 2 is 1.60 bits per heavy atom.